The van der Waals surface area contributed by atoms with Crippen LogP contribution in [0.25, 0.3) is 0 Å². The van der Waals surface area contributed by atoms with Gasteiger partial charge in [0.05, 0.1) is 0 Å². The van der Waals surface area contributed by atoms with Gasteiger partial charge in [-0.15, -0.1) is 0 Å². The molecule has 86 valence electrons. The Labute approximate surface area is 97.7 Å². The van der Waals surface area contributed by atoms with Crippen molar-refractivity contribution in [3.05, 3.63) is 0 Å². The van der Waals surface area contributed by atoms with Crippen molar-refractivity contribution in [2.24, 2.45) is 5.92 Å². The molecule has 0 saturated heterocycles. The zero-order valence-electron chi connectivity index (χ0n) is 9.73. The van der Waals surface area contributed by atoms with Gasteiger partial charge in [-0.05, 0) is 25.2 Å². The lowest BCUT2D eigenvalue weighted by Gasteiger charge is -2.09. The molecule has 0 aromatic rings. The molecule has 1 unspecified atom stereocenters. The Balaban J connectivity index is 2.98. The molecule has 14 heavy (non-hydrogen) atoms. The van der Waals surface area contributed by atoms with E-state index in [0.29, 0.717) is 0 Å². The average molecular weight is 265 g/mol. The van der Waals surface area contributed by atoms with E-state index < -0.39 is 0 Å². The molecule has 0 aromatic heterocycles. The van der Waals surface area contributed by atoms with Gasteiger partial charge in [0, 0.05) is 18.5 Å². The molecule has 0 saturated carbocycles. The third-order valence-corrected chi connectivity index (χ3v) is 2.96. The van der Waals surface area contributed by atoms with Crippen LogP contribution in [0.4, 0.5) is 0 Å². The second kappa shape index (κ2) is 11.5. The van der Waals surface area contributed by atoms with E-state index in [1.54, 1.807) is 0 Å². The van der Waals surface area contributed by atoms with Crippen LogP contribution in [0, 0.1) is 5.92 Å². The van der Waals surface area contributed by atoms with Crippen molar-refractivity contribution < 1.29 is 4.74 Å². The number of hydrogen-bond acceptors (Lipinski definition) is 1. The molecule has 0 aromatic carbocycles. The topological polar surface area (TPSA) is 9.23 Å². The Morgan fingerprint density at radius 3 is 2.50 bits per heavy atom. The molecule has 0 bridgehead atoms. The number of ether oxygens (including phenoxy) is 1. The highest BCUT2D eigenvalue weighted by Gasteiger charge is 2.00. The Morgan fingerprint density at radius 2 is 1.86 bits per heavy atom. The van der Waals surface area contributed by atoms with Crippen molar-refractivity contribution in [2.45, 2.75) is 52.4 Å². The summed E-state index contributed by atoms with van der Waals surface area (Å²) >= 11 is 3.46. The van der Waals surface area contributed by atoms with E-state index in [0.717, 1.165) is 24.5 Å². The standard InChI is InChI=1S/C12H25BrO/c1-3-4-5-6-10-14-11-8-12(2)7-9-13/h12H,3-11H2,1-2H3. The molecule has 0 radical (unpaired) electrons. The van der Waals surface area contributed by atoms with Crippen LogP contribution in [0.1, 0.15) is 52.4 Å². The lowest BCUT2D eigenvalue weighted by atomic mass is 10.1. The molecule has 0 heterocycles. The molecule has 0 aliphatic heterocycles. The number of unbranched alkanes of at least 4 members (excludes halogenated alkanes) is 3. The van der Waals surface area contributed by atoms with Crippen molar-refractivity contribution in [1.82, 2.24) is 0 Å². The fourth-order valence-corrected chi connectivity index (χ4v) is 2.13. The van der Waals surface area contributed by atoms with Gasteiger partial charge in [0.1, 0.15) is 0 Å². The summed E-state index contributed by atoms with van der Waals surface area (Å²) < 4.78 is 5.58. The molecular weight excluding hydrogens is 240 g/mol. The van der Waals surface area contributed by atoms with E-state index in [-0.39, 0.29) is 0 Å². The van der Waals surface area contributed by atoms with Crippen molar-refractivity contribution in [1.29, 1.82) is 0 Å². The molecule has 0 aliphatic rings. The fraction of sp³-hybridized carbons (Fsp3) is 1.00. The highest BCUT2D eigenvalue weighted by Crippen LogP contribution is 2.09. The van der Waals surface area contributed by atoms with Crippen LogP contribution in [0.15, 0.2) is 0 Å². The van der Waals surface area contributed by atoms with Gasteiger partial charge in [0.25, 0.3) is 0 Å². The molecule has 2 heteroatoms. The van der Waals surface area contributed by atoms with Crippen LogP contribution < -0.4 is 0 Å². The molecule has 1 nitrogen and oxygen atoms in total. The molecule has 0 spiro atoms. The largest absolute Gasteiger partial charge is 0.381 e. The second-order valence-corrected chi connectivity index (χ2v) is 4.84. The smallest absolute Gasteiger partial charge is 0.0468 e. The first-order chi connectivity index (χ1) is 6.81. The Hall–Kier alpha value is 0.440. The average Bonchev–Trinajstić information content (AvgIpc) is 2.17. The molecule has 0 fully saturated rings. The molecule has 0 aliphatic carbocycles. The van der Waals surface area contributed by atoms with E-state index in [1.165, 1.54) is 38.5 Å². The first-order valence-corrected chi connectivity index (χ1v) is 7.07. The van der Waals surface area contributed by atoms with E-state index in [9.17, 15) is 0 Å². The SMILES string of the molecule is CCCCCCOCCC(C)CCBr. The van der Waals surface area contributed by atoms with Gasteiger partial charge in [0.2, 0.25) is 0 Å². The van der Waals surface area contributed by atoms with Crippen molar-refractivity contribution in [2.75, 3.05) is 18.5 Å². The first kappa shape index (κ1) is 14.4. The monoisotopic (exact) mass is 264 g/mol. The number of alkyl halides is 1. The number of halogens is 1. The predicted molar refractivity (Wildman–Crippen MR) is 67.2 cm³/mol. The Bertz CT molecular complexity index is 106. The Kier molecular flexibility index (Phi) is 11.9. The third-order valence-electron chi connectivity index (χ3n) is 2.50. The molecule has 0 rings (SSSR count). The third kappa shape index (κ3) is 10.5. The molecular formula is C12H25BrO. The van der Waals surface area contributed by atoms with Gasteiger partial charge in [-0.1, -0.05) is 49.0 Å². The van der Waals surface area contributed by atoms with Crippen LogP contribution in [0.3, 0.4) is 0 Å². The number of rotatable bonds is 10. The van der Waals surface area contributed by atoms with E-state index in [1.807, 2.05) is 0 Å². The minimum absolute atomic E-state index is 0.796. The van der Waals surface area contributed by atoms with E-state index >= 15 is 0 Å². The Morgan fingerprint density at radius 1 is 1.07 bits per heavy atom. The summed E-state index contributed by atoms with van der Waals surface area (Å²) in [6, 6.07) is 0. The summed E-state index contributed by atoms with van der Waals surface area (Å²) in [4.78, 5) is 0. The highest BCUT2D eigenvalue weighted by atomic mass is 79.9. The number of hydrogen-bond donors (Lipinski definition) is 0. The van der Waals surface area contributed by atoms with Crippen molar-refractivity contribution >= 4 is 15.9 Å². The van der Waals surface area contributed by atoms with Gasteiger partial charge in [0.15, 0.2) is 0 Å². The summed E-state index contributed by atoms with van der Waals surface area (Å²) in [5.74, 6) is 0.796. The van der Waals surface area contributed by atoms with Gasteiger partial charge < -0.3 is 4.74 Å². The maximum Gasteiger partial charge on any atom is 0.0468 e. The summed E-state index contributed by atoms with van der Waals surface area (Å²) in [5, 5.41) is 1.12. The summed E-state index contributed by atoms with van der Waals surface area (Å²) in [5.41, 5.74) is 0. The van der Waals surface area contributed by atoms with Crippen molar-refractivity contribution in [3.8, 4) is 0 Å². The summed E-state index contributed by atoms with van der Waals surface area (Å²) in [6.45, 7) is 6.44. The zero-order valence-corrected chi connectivity index (χ0v) is 11.3. The normalized spacial score (nSPS) is 13.1. The summed E-state index contributed by atoms with van der Waals surface area (Å²) in [7, 11) is 0. The van der Waals surface area contributed by atoms with Crippen LogP contribution in [0.2, 0.25) is 0 Å². The molecule has 0 N–H and O–H groups in total. The van der Waals surface area contributed by atoms with E-state index in [2.05, 4.69) is 29.8 Å². The van der Waals surface area contributed by atoms with Crippen LogP contribution in [0.5, 0.6) is 0 Å². The highest BCUT2D eigenvalue weighted by molar-refractivity contribution is 9.09. The minimum atomic E-state index is 0.796. The maximum absolute atomic E-state index is 5.58. The zero-order chi connectivity index (χ0) is 10.6. The quantitative estimate of drug-likeness (QED) is 0.420. The predicted octanol–water partition coefficient (Wildman–Crippen LogP) is 4.39. The molecule has 1 atom stereocenters. The lowest BCUT2D eigenvalue weighted by Crippen LogP contribution is -2.03. The maximum atomic E-state index is 5.58. The van der Waals surface area contributed by atoms with Crippen LogP contribution >= 0.6 is 15.9 Å². The fourth-order valence-electron chi connectivity index (χ4n) is 1.35. The summed E-state index contributed by atoms with van der Waals surface area (Å²) in [6.07, 6.45) is 7.69. The first-order valence-electron chi connectivity index (χ1n) is 5.95. The lowest BCUT2D eigenvalue weighted by molar-refractivity contribution is 0.117. The van der Waals surface area contributed by atoms with Crippen molar-refractivity contribution in [3.63, 3.8) is 0 Å². The van der Waals surface area contributed by atoms with Crippen LogP contribution in [-0.4, -0.2) is 18.5 Å². The minimum Gasteiger partial charge on any atom is -0.381 e. The van der Waals surface area contributed by atoms with Gasteiger partial charge in [-0.2, -0.15) is 0 Å². The van der Waals surface area contributed by atoms with Gasteiger partial charge in [-0.25, -0.2) is 0 Å². The van der Waals surface area contributed by atoms with Gasteiger partial charge >= 0.3 is 0 Å². The van der Waals surface area contributed by atoms with Crippen LogP contribution in [-0.2, 0) is 4.74 Å². The van der Waals surface area contributed by atoms with E-state index in [4.69, 9.17) is 4.74 Å². The molecule has 0 amide bonds. The second-order valence-electron chi connectivity index (χ2n) is 4.04. The van der Waals surface area contributed by atoms with Gasteiger partial charge in [-0.3, -0.25) is 0 Å².